The lowest BCUT2D eigenvalue weighted by atomic mass is 9.83. The van der Waals surface area contributed by atoms with Crippen LogP contribution in [0.5, 0.6) is 0 Å². The minimum atomic E-state index is -4.55. The molecule has 15 heteroatoms. The standard InChI is InChI=1S/C40H41F3N8O4/c41-40(42,43)33-11-16-44-38(46-33)47-34-9-3-27(22-45-34)26-12-17-50(18-13-26)30-5-1-25(2-6-30)23-49-19-14-39(55,15-20-49)29-4-7-31-28(21-29)24-51(37(31)54)32-8-10-35(52)48-36(32)53/h1-7,9,11,16,21-22,26,32,55H,8,10,12-15,17-20,23-24H2,(H,48,52,53)(H,44,45,46,47). The van der Waals surface area contributed by atoms with Crippen molar-refractivity contribution >= 4 is 35.2 Å². The minimum Gasteiger partial charge on any atom is -0.385 e. The van der Waals surface area contributed by atoms with Crippen LogP contribution in [0.4, 0.5) is 30.6 Å². The highest BCUT2D eigenvalue weighted by Gasteiger charge is 2.41. The first kappa shape index (κ1) is 36.6. The maximum absolute atomic E-state index is 13.1. The molecule has 4 aliphatic heterocycles. The molecule has 286 valence electrons. The number of alkyl halides is 3. The van der Waals surface area contributed by atoms with Gasteiger partial charge < -0.3 is 20.2 Å². The summed E-state index contributed by atoms with van der Waals surface area (Å²) >= 11 is 0. The number of amides is 3. The first-order valence-electron chi connectivity index (χ1n) is 18.6. The number of aliphatic hydroxyl groups is 1. The van der Waals surface area contributed by atoms with Gasteiger partial charge in [0.2, 0.25) is 17.8 Å². The number of nitrogens with one attached hydrogen (secondary N) is 2. The molecule has 4 aliphatic rings. The SMILES string of the molecule is O=C1CCC(N2Cc3cc(C4(O)CCN(Cc5ccc(N6CCC(c7ccc(Nc8nccc(C(F)(F)F)n8)nc7)CC6)cc5)CC4)ccc3C2=O)C(=O)N1. The number of carbonyl (C=O) groups is 3. The number of nitrogens with zero attached hydrogens (tertiary/aromatic N) is 6. The molecule has 3 saturated heterocycles. The Morgan fingerprint density at radius 3 is 2.36 bits per heavy atom. The number of anilines is 3. The third-order valence-electron chi connectivity index (χ3n) is 11.4. The third kappa shape index (κ3) is 7.76. The van der Waals surface area contributed by atoms with Crippen LogP contribution < -0.4 is 15.5 Å². The molecule has 1 unspecified atom stereocenters. The summed E-state index contributed by atoms with van der Waals surface area (Å²) in [7, 11) is 0. The van der Waals surface area contributed by atoms with E-state index in [9.17, 15) is 32.7 Å². The number of benzene rings is 2. The number of hydrogen-bond donors (Lipinski definition) is 3. The van der Waals surface area contributed by atoms with E-state index in [0.717, 1.165) is 74.5 Å². The van der Waals surface area contributed by atoms with Crippen molar-refractivity contribution in [3.8, 4) is 0 Å². The van der Waals surface area contributed by atoms with Crippen molar-refractivity contribution < 1.29 is 32.7 Å². The van der Waals surface area contributed by atoms with E-state index in [1.54, 1.807) is 18.3 Å². The molecule has 3 amide bonds. The highest BCUT2D eigenvalue weighted by molar-refractivity contribution is 6.05. The molecule has 0 radical (unpaired) electrons. The molecule has 3 fully saturated rings. The van der Waals surface area contributed by atoms with Gasteiger partial charge in [0.05, 0.1) is 5.60 Å². The molecule has 0 saturated carbocycles. The highest BCUT2D eigenvalue weighted by Crippen LogP contribution is 2.37. The van der Waals surface area contributed by atoms with Gasteiger partial charge in [0.15, 0.2) is 0 Å². The summed E-state index contributed by atoms with van der Waals surface area (Å²) in [5.74, 6) is -0.436. The summed E-state index contributed by atoms with van der Waals surface area (Å²) in [5, 5.41) is 16.8. The Labute approximate surface area is 315 Å². The molecular weight excluding hydrogens is 713 g/mol. The predicted molar refractivity (Wildman–Crippen MR) is 196 cm³/mol. The molecule has 0 spiro atoms. The smallest absolute Gasteiger partial charge is 0.385 e. The second kappa shape index (κ2) is 14.7. The van der Waals surface area contributed by atoms with Crippen molar-refractivity contribution in [2.24, 2.45) is 0 Å². The average Bonchev–Trinajstić information content (AvgIpc) is 3.51. The van der Waals surface area contributed by atoms with E-state index in [1.165, 1.54) is 16.2 Å². The Bertz CT molecular complexity index is 2080. The summed E-state index contributed by atoms with van der Waals surface area (Å²) in [5.41, 5.74) is 3.54. The van der Waals surface area contributed by atoms with Gasteiger partial charge in [0.25, 0.3) is 5.91 Å². The highest BCUT2D eigenvalue weighted by atomic mass is 19.4. The van der Waals surface area contributed by atoms with Crippen LogP contribution in [0.2, 0.25) is 0 Å². The van der Waals surface area contributed by atoms with Gasteiger partial charge in [-0.2, -0.15) is 13.2 Å². The molecular formula is C40H41F3N8O4. The van der Waals surface area contributed by atoms with E-state index in [2.05, 4.69) is 59.7 Å². The van der Waals surface area contributed by atoms with Crippen molar-refractivity contribution in [2.75, 3.05) is 36.4 Å². The number of carbonyl (C=O) groups excluding carboxylic acids is 3. The lowest BCUT2D eigenvalue weighted by Gasteiger charge is -2.39. The summed E-state index contributed by atoms with van der Waals surface area (Å²) in [6.07, 6.45) is 1.80. The fourth-order valence-corrected chi connectivity index (χ4v) is 8.19. The van der Waals surface area contributed by atoms with Crippen molar-refractivity contribution in [3.63, 3.8) is 0 Å². The van der Waals surface area contributed by atoms with E-state index < -0.39 is 29.4 Å². The van der Waals surface area contributed by atoms with Crippen LogP contribution in [0.1, 0.15) is 82.7 Å². The second-order valence-electron chi connectivity index (χ2n) is 14.9. The maximum atomic E-state index is 13.1. The number of fused-ring (bicyclic) bond motifs is 1. The molecule has 2 aromatic heterocycles. The molecule has 0 bridgehead atoms. The molecule has 55 heavy (non-hydrogen) atoms. The van der Waals surface area contributed by atoms with Gasteiger partial charge in [-0.25, -0.2) is 15.0 Å². The summed E-state index contributed by atoms with van der Waals surface area (Å²) < 4.78 is 39.0. The molecule has 2 aromatic carbocycles. The summed E-state index contributed by atoms with van der Waals surface area (Å²) in [6.45, 7) is 4.26. The largest absolute Gasteiger partial charge is 0.433 e. The van der Waals surface area contributed by atoms with Crippen molar-refractivity contribution in [3.05, 3.63) is 107 Å². The Kier molecular flexibility index (Phi) is 9.76. The van der Waals surface area contributed by atoms with Crippen LogP contribution in [-0.4, -0.2) is 79.8 Å². The number of likely N-dealkylation sites (tertiary alicyclic amines) is 1. The number of hydrogen-bond acceptors (Lipinski definition) is 10. The van der Waals surface area contributed by atoms with Crippen molar-refractivity contribution in [2.45, 2.75) is 75.4 Å². The number of halogens is 3. The third-order valence-corrected chi connectivity index (χ3v) is 11.4. The monoisotopic (exact) mass is 754 g/mol. The first-order chi connectivity index (χ1) is 26.4. The zero-order chi connectivity index (χ0) is 38.3. The van der Waals surface area contributed by atoms with Gasteiger partial charge in [-0.05, 0) is 90.6 Å². The summed E-state index contributed by atoms with van der Waals surface area (Å²) in [4.78, 5) is 55.2. The van der Waals surface area contributed by atoms with Gasteiger partial charge in [-0.1, -0.05) is 30.3 Å². The number of imide groups is 1. The summed E-state index contributed by atoms with van der Waals surface area (Å²) in [6, 6.07) is 18.0. The number of aromatic nitrogens is 3. The molecule has 12 nitrogen and oxygen atoms in total. The number of pyridine rings is 1. The first-order valence-corrected chi connectivity index (χ1v) is 18.6. The lowest BCUT2D eigenvalue weighted by molar-refractivity contribution is -0.141. The maximum Gasteiger partial charge on any atom is 0.433 e. The Morgan fingerprint density at radius 2 is 1.67 bits per heavy atom. The van der Waals surface area contributed by atoms with E-state index >= 15 is 0 Å². The second-order valence-corrected chi connectivity index (χ2v) is 14.9. The van der Waals surface area contributed by atoms with Gasteiger partial charge in [0, 0.05) is 69.3 Å². The van der Waals surface area contributed by atoms with Crippen LogP contribution in [0.3, 0.4) is 0 Å². The zero-order valence-corrected chi connectivity index (χ0v) is 30.1. The predicted octanol–water partition coefficient (Wildman–Crippen LogP) is 5.26. The molecule has 1 atom stereocenters. The Morgan fingerprint density at radius 1 is 0.909 bits per heavy atom. The molecule has 0 aliphatic carbocycles. The molecule has 8 rings (SSSR count). The Balaban J connectivity index is 0.804. The van der Waals surface area contributed by atoms with Gasteiger partial charge in [-0.3, -0.25) is 24.6 Å². The fraction of sp³-hybridized carbons (Fsp3) is 0.400. The van der Waals surface area contributed by atoms with E-state index in [-0.39, 0.29) is 30.7 Å². The van der Waals surface area contributed by atoms with Crippen LogP contribution >= 0.6 is 0 Å². The molecule has 3 N–H and O–H groups in total. The van der Waals surface area contributed by atoms with Crippen LogP contribution in [0.15, 0.2) is 73.1 Å². The van der Waals surface area contributed by atoms with Crippen LogP contribution in [0.25, 0.3) is 0 Å². The van der Waals surface area contributed by atoms with E-state index in [4.69, 9.17) is 0 Å². The van der Waals surface area contributed by atoms with Crippen LogP contribution in [0, 0.1) is 0 Å². The van der Waals surface area contributed by atoms with Crippen molar-refractivity contribution in [1.29, 1.82) is 0 Å². The van der Waals surface area contributed by atoms with Gasteiger partial charge >= 0.3 is 6.18 Å². The number of piperidine rings is 3. The van der Waals surface area contributed by atoms with Gasteiger partial charge in [0.1, 0.15) is 17.6 Å². The van der Waals surface area contributed by atoms with Gasteiger partial charge in [-0.15, -0.1) is 0 Å². The van der Waals surface area contributed by atoms with E-state index in [0.29, 0.717) is 36.6 Å². The topological polar surface area (TPSA) is 144 Å². The van der Waals surface area contributed by atoms with Crippen molar-refractivity contribution in [1.82, 2.24) is 30.1 Å². The fourth-order valence-electron chi connectivity index (χ4n) is 8.19. The normalized spacial score (nSPS) is 20.7. The minimum absolute atomic E-state index is 0.160. The van der Waals surface area contributed by atoms with E-state index in [1.807, 2.05) is 18.2 Å². The van der Waals surface area contributed by atoms with Crippen LogP contribution in [-0.2, 0) is 34.5 Å². The average molecular weight is 755 g/mol. The number of rotatable bonds is 8. The molecule has 4 aromatic rings. The molecule has 6 heterocycles. The lowest BCUT2D eigenvalue weighted by Crippen LogP contribution is -2.52. The quantitative estimate of drug-likeness (QED) is 0.204. The Hall–Kier alpha value is -5.41. The zero-order valence-electron chi connectivity index (χ0n) is 30.1.